The second-order valence-electron chi connectivity index (χ2n) is 6.86. The number of hydrogen-bond acceptors (Lipinski definition) is 8. The predicted molar refractivity (Wildman–Crippen MR) is 111 cm³/mol. The molecule has 0 unspecified atom stereocenters. The van der Waals surface area contributed by atoms with Gasteiger partial charge in [0.15, 0.2) is 6.61 Å². The zero-order valence-electron chi connectivity index (χ0n) is 16.4. The highest BCUT2D eigenvalue weighted by molar-refractivity contribution is 7.89. The highest BCUT2D eigenvalue weighted by Gasteiger charge is 2.30. The third kappa shape index (κ3) is 4.76. The third-order valence-corrected chi connectivity index (χ3v) is 6.84. The molecule has 0 atom stereocenters. The summed E-state index contributed by atoms with van der Waals surface area (Å²) in [6.07, 6.45) is 1.58. The minimum atomic E-state index is -3.72. The van der Waals surface area contributed by atoms with Gasteiger partial charge < -0.3 is 9.64 Å². The van der Waals surface area contributed by atoms with E-state index in [1.165, 1.54) is 16.4 Å². The molecule has 0 aliphatic carbocycles. The van der Waals surface area contributed by atoms with Crippen LogP contribution in [0.15, 0.2) is 58.5 Å². The van der Waals surface area contributed by atoms with E-state index < -0.39 is 15.8 Å². The van der Waals surface area contributed by atoms with Gasteiger partial charge in [0, 0.05) is 26.2 Å². The van der Waals surface area contributed by atoms with Gasteiger partial charge in [0.2, 0.25) is 10.0 Å². The highest BCUT2D eigenvalue weighted by atomic mass is 32.2. The van der Waals surface area contributed by atoms with Crippen molar-refractivity contribution in [1.82, 2.24) is 20.3 Å². The fraction of sp³-hybridized carbons (Fsp3) is 0.263. The first-order valence-corrected chi connectivity index (χ1v) is 11.0. The van der Waals surface area contributed by atoms with Crippen molar-refractivity contribution in [2.24, 2.45) is 5.10 Å². The zero-order valence-corrected chi connectivity index (χ0v) is 17.3. The van der Waals surface area contributed by atoms with Gasteiger partial charge in [0.25, 0.3) is 5.91 Å². The van der Waals surface area contributed by atoms with Crippen LogP contribution in [0.25, 0.3) is 0 Å². The van der Waals surface area contributed by atoms with Gasteiger partial charge in [-0.1, -0.05) is 0 Å². The Kier molecular flexibility index (Phi) is 6.02. The number of benzene rings is 2. The molecule has 0 bridgehead atoms. The van der Waals surface area contributed by atoms with Gasteiger partial charge in [0.1, 0.15) is 17.9 Å². The quantitative estimate of drug-likeness (QED) is 0.663. The molecule has 2 N–H and O–H groups in total. The monoisotopic (exact) mass is 448 g/mol. The van der Waals surface area contributed by atoms with Crippen molar-refractivity contribution >= 4 is 28.0 Å². The molecule has 164 valence electrons. The summed E-state index contributed by atoms with van der Waals surface area (Å²) in [6.45, 7) is 0.704. The lowest BCUT2D eigenvalue weighted by molar-refractivity contribution is -0.134. The average Bonchev–Trinajstić information content (AvgIpc) is 3.33. The van der Waals surface area contributed by atoms with Crippen LogP contribution in [-0.4, -0.2) is 62.7 Å². The first-order valence-electron chi connectivity index (χ1n) is 9.53. The van der Waals surface area contributed by atoms with Gasteiger partial charge in [0.05, 0.1) is 10.6 Å². The van der Waals surface area contributed by atoms with Crippen LogP contribution in [-0.2, 0) is 14.8 Å². The summed E-state index contributed by atoms with van der Waals surface area (Å²) in [5, 5.41) is 5.49. The Labute approximate surface area is 178 Å². The first-order chi connectivity index (χ1) is 14.9. The molecule has 1 fully saturated rings. The molecule has 0 spiro atoms. The van der Waals surface area contributed by atoms with Crippen LogP contribution < -0.4 is 20.8 Å². The van der Waals surface area contributed by atoms with Crippen molar-refractivity contribution < 1.29 is 22.3 Å². The van der Waals surface area contributed by atoms with Gasteiger partial charge in [-0.3, -0.25) is 4.79 Å². The van der Waals surface area contributed by atoms with Crippen LogP contribution in [0.2, 0.25) is 0 Å². The highest BCUT2D eigenvalue weighted by Crippen LogP contribution is 2.20. The lowest BCUT2D eigenvalue weighted by Gasteiger charge is -2.34. The number of rotatable bonds is 6. The number of nitrogens with zero attached hydrogens (tertiary/aromatic N) is 4. The maximum Gasteiger partial charge on any atom is 0.260 e. The zero-order chi connectivity index (χ0) is 21.8. The SMILES string of the molecule is O=C(COc1ccc(N2C=NNN2)cc1)N1CCN(S(=O)(=O)c2ccc(F)cc2)CC1. The normalized spacial score (nSPS) is 16.9. The van der Waals surface area contributed by atoms with E-state index in [0.29, 0.717) is 5.75 Å². The Balaban J connectivity index is 1.27. The third-order valence-electron chi connectivity index (χ3n) is 4.93. The Morgan fingerprint density at radius 3 is 2.32 bits per heavy atom. The van der Waals surface area contributed by atoms with E-state index in [9.17, 15) is 17.6 Å². The minimum absolute atomic E-state index is 0.0339. The van der Waals surface area contributed by atoms with Crippen molar-refractivity contribution in [3.8, 4) is 5.75 Å². The van der Waals surface area contributed by atoms with Crippen molar-refractivity contribution in [1.29, 1.82) is 0 Å². The summed E-state index contributed by atoms with van der Waals surface area (Å²) in [5.41, 5.74) is 6.24. The Hall–Kier alpha value is -3.22. The fourth-order valence-corrected chi connectivity index (χ4v) is 4.62. The summed E-state index contributed by atoms with van der Waals surface area (Å²) >= 11 is 0. The molecule has 2 heterocycles. The van der Waals surface area contributed by atoms with Crippen LogP contribution >= 0.6 is 0 Å². The van der Waals surface area contributed by atoms with Crippen molar-refractivity contribution in [3.05, 3.63) is 54.3 Å². The van der Waals surface area contributed by atoms with Crippen LogP contribution in [0.4, 0.5) is 10.1 Å². The van der Waals surface area contributed by atoms with Crippen molar-refractivity contribution in [2.45, 2.75) is 4.90 Å². The number of sulfonamides is 1. The summed E-state index contributed by atoms with van der Waals surface area (Å²) in [7, 11) is -3.72. The van der Waals surface area contributed by atoms with Crippen molar-refractivity contribution in [2.75, 3.05) is 37.8 Å². The molecule has 10 nitrogen and oxygen atoms in total. The molecule has 1 amide bonds. The number of ether oxygens (including phenoxy) is 1. The molecule has 2 aliphatic heterocycles. The molecule has 0 saturated carbocycles. The van der Waals surface area contributed by atoms with Crippen LogP contribution in [0, 0.1) is 5.82 Å². The largest absolute Gasteiger partial charge is 0.484 e. The molecule has 1 saturated heterocycles. The molecular weight excluding hydrogens is 427 g/mol. The number of nitrogens with one attached hydrogen (secondary N) is 2. The van der Waals surface area contributed by atoms with E-state index in [1.807, 2.05) is 12.1 Å². The number of anilines is 1. The smallest absolute Gasteiger partial charge is 0.260 e. The minimum Gasteiger partial charge on any atom is -0.484 e. The van der Waals surface area contributed by atoms with Gasteiger partial charge in [-0.15, -0.1) is 5.53 Å². The number of piperazine rings is 1. The molecule has 2 aromatic rings. The number of hydrogen-bond donors (Lipinski definition) is 2. The summed E-state index contributed by atoms with van der Waals surface area (Å²) < 4.78 is 45.3. The molecule has 4 rings (SSSR count). The molecule has 0 radical (unpaired) electrons. The lowest BCUT2D eigenvalue weighted by Crippen LogP contribution is -2.51. The van der Waals surface area contributed by atoms with E-state index in [2.05, 4.69) is 16.2 Å². The number of carbonyl (C=O) groups is 1. The van der Waals surface area contributed by atoms with E-state index in [1.54, 1.807) is 28.4 Å². The predicted octanol–water partition coefficient (Wildman–Crippen LogP) is 0.510. The number of carbonyl (C=O) groups excluding carboxylic acids is 1. The maximum atomic E-state index is 13.1. The van der Waals surface area contributed by atoms with Gasteiger partial charge in [-0.25, -0.2) is 23.4 Å². The molecular formula is C19H21FN6O4S. The number of hydrazone groups is 1. The molecule has 0 aromatic heterocycles. The van der Waals surface area contributed by atoms with Gasteiger partial charge >= 0.3 is 0 Å². The standard InChI is InChI=1S/C19H21FN6O4S/c20-15-1-7-18(8-2-15)31(28,29)25-11-9-24(10-12-25)19(27)13-30-17-5-3-16(4-6-17)26-14-21-22-23-26/h1-8,14,22-23H,9-13H2. The van der Waals surface area contributed by atoms with Gasteiger partial charge in [-0.2, -0.15) is 9.41 Å². The topological polar surface area (TPSA) is 107 Å². The molecule has 2 aliphatic rings. The van der Waals surface area contributed by atoms with E-state index in [4.69, 9.17) is 4.74 Å². The number of hydrazine groups is 2. The van der Waals surface area contributed by atoms with E-state index in [0.717, 1.165) is 17.8 Å². The van der Waals surface area contributed by atoms with E-state index in [-0.39, 0.29) is 43.6 Å². The Bertz CT molecular complexity index is 1050. The summed E-state index contributed by atoms with van der Waals surface area (Å²) in [5.74, 6) is -0.179. The van der Waals surface area contributed by atoms with Crippen LogP contribution in [0.3, 0.4) is 0 Å². The first kappa shape index (κ1) is 21.0. The van der Waals surface area contributed by atoms with E-state index >= 15 is 0 Å². The molecule has 12 heteroatoms. The van der Waals surface area contributed by atoms with Crippen LogP contribution in [0.5, 0.6) is 5.75 Å². The van der Waals surface area contributed by atoms with Gasteiger partial charge in [-0.05, 0) is 48.5 Å². The Morgan fingerprint density at radius 1 is 1.03 bits per heavy atom. The number of amides is 1. The second-order valence-corrected chi connectivity index (χ2v) is 8.80. The molecule has 31 heavy (non-hydrogen) atoms. The van der Waals surface area contributed by atoms with Crippen LogP contribution in [0.1, 0.15) is 0 Å². The molecule has 2 aromatic carbocycles. The summed E-state index contributed by atoms with van der Waals surface area (Å²) in [4.78, 5) is 14.1. The number of halogens is 1. The fourth-order valence-electron chi connectivity index (χ4n) is 3.20. The second kappa shape index (κ2) is 8.88. The van der Waals surface area contributed by atoms with Crippen molar-refractivity contribution in [3.63, 3.8) is 0 Å². The summed E-state index contributed by atoms with van der Waals surface area (Å²) in [6, 6.07) is 11.8. The maximum absolute atomic E-state index is 13.1. The average molecular weight is 448 g/mol. The lowest BCUT2D eigenvalue weighted by atomic mass is 10.3. The Morgan fingerprint density at radius 2 is 1.71 bits per heavy atom.